The molecule has 1 aliphatic carbocycles. The number of rotatable bonds is 8. The van der Waals surface area contributed by atoms with Gasteiger partial charge in [-0.2, -0.15) is 0 Å². The standard InChI is InChI=1S/C26H34F2N4O2S/c27-23(28)16-34-26-31-21-10-14-32(15-11-22(21)35-26)13-9-17-4-6-19(7-5-17)30-25(33)20-3-1-2-18-8-12-29-24(18)20/h1-3,17,19,23,29H,4-16H2,(H,30,33). The first kappa shape index (κ1) is 24.4. The van der Waals surface area contributed by atoms with Crippen LogP contribution in [0.5, 0.6) is 5.19 Å². The number of benzene rings is 1. The normalized spacial score (nSPS) is 22.3. The Bertz CT molecular complexity index is 997. The average Bonchev–Trinajstić information content (AvgIpc) is 3.45. The Kier molecular flexibility index (Phi) is 7.82. The van der Waals surface area contributed by atoms with Crippen molar-refractivity contribution >= 4 is 22.9 Å². The van der Waals surface area contributed by atoms with Crippen molar-refractivity contribution in [3.05, 3.63) is 39.9 Å². The number of carbonyl (C=O) groups is 1. The predicted octanol–water partition coefficient (Wildman–Crippen LogP) is 4.53. The first-order chi connectivity index (χ1) is 17.0. The third-order valence-corrected chi connectivity index (χ3v) is 8.61. The van der Waals surface area contributed by atoms with Crippen molar-refractivity contribution in [2.24, 2.45) is 5.92 Å². The summed E-state index contributed by atoms with van der Waals surface area (Å²) < 4.78 is 29.9. The number of hydrogen-bond acceptors (Lipinski definition) is 6. The maximum atomic E-state index is 12.9. The zero-order valence-corrected chi connectivity index (χ0v) is 20.8. The molecule has 1 amide bonds. The molecule has 0 spiro atoms. The Hall–Kier alpha value is -2.26. The molecule has 6 nitrogen and oxygen atoms in total. The lowest BCUT2D eigenvalue weighted by atomic mass is 9.84. The van der Waals surface area contributed by atoms with Crippen LogP contribution < -0.4 is 15.4 Å². The summed E-state index contributed by atoms with van der Waals surface area (Å²) >= 11 is 1.42. The number of halogens is 2. The van der Waals surface area contributed by atoms with Gasteiger partial charge in [0.05, 0.1) is 16.9 Å². The van der Waals surface area contributed by atoms with Crippen LogP contribution in [0.2, 0.25) is 0 Å². The zero-order chi connectivity index (χ0) is 24.2. The number of hydrogen-bond donors (Lipinski definition) is 2. The Morgan fingerprint density at radius 3 is 2.86 bits per heavy atom. The topological polar surface area (TPSA) is 66.5 Å². The van der Waals surface area contributed by atoms with Crippen LogP contribution in [0.4, 0.5) is 14.5 Å². The van der Waals surface area contributed by atoms with E-state index in [2.05, 4.69) is 26.6 Å². The monoisotopic (exact) mass is 504 g/mol. The Balaban J connectivity index is 1.03. The van der Waals surface area contributed by atoms with Gasteiger partial charge in [-0.05, 0) is 69.0 Å². The smallest absolute Gasteiger partial charge is 0.273 e. The molecule has 1 fully saturated rings. The van der Waals surface area contributed by atoms with Crippen molar-refractivity contribution < 1.29 is 18.3 Å². The number of thiazole rings is 1. The summed E-state index contributed by atoms with van der Waals surface area (Å²) in [6.45, 7) is 3.32. The lowest BCUT2D eigenvalue weighted by Gasteiger charge is -2.31. The second kappa shape index (κ2) is 11.2. The quantitative estimate of drug-likeness (QED) is 0.553. The molecular formula is C26H34F2N4O2S. The minimum absolute atomic E-state index is 0.0492. The molecule has 0 bridgehead atoms. The fraction of sp³-hybridized carbons (Fsp3) is 0.615. The number of alkyl halides is 2. The largest absolute Gasteiger partial charge is 0.464 e. The molecule has 0 radical (unpaired) electrons. The summed E-state index contributed by atoms with van der Waals surface area (Å²) in [6, 6.07) is 6.26. The molecular weight excluding hydrogens is 470 g/mol. The van der Waals surface area contributed by atoms with Crippen molar-refractivity contribution in [3.8, 4) is 5.19 Å². The van der Waals surface area contributed by atoms with Crippen molar-refractivity contribution in [2.45, 2.75) is 63.8 Å². The molecule has 2 N–H and O–H groups in total. The van der Waals surface area contributed by atoms with E-state index in [0.717, 1.165) is 88.1 Å². The lowest BCUT2D eigenvalue weighted by molar-refractivity contribution is 0.0816. The van der Waals surface area contributed by atoms with E-state index in [1.807, 2.05) is 12.1 Å². The third-order valence-electron chi connectivity index (χ3n) is 7.54. The van der Waals surface area contributed by atoms with E-state index < -0.39 is 13.0 Å². The second-order valence-corrected chi connectivity index (χ2v) is 10.9. The van der Waals surface area contributed by atoms with E-state index in [1.54, 1.807) is 0 Å². The van der Waals surface area contributed by atoms with Gasteiger partial charge >= 0.3 is 0 Å². The molecule has 190 valence electrons. The third kappa shape index (κ3) is 6.12. The fourth-order valence-corrected chi connectivity index (χ4v) is 6.51. The molecule has 1 aromatic carbocycles. The lowest BCUT2D eigenvalue weighted by Crippen LogP contribution is -2.38. The van der Waals surface area contributed by atoms with Crippen LogP contribution in [0.15, 0.2) is 18.2 Å². The average molecular weight is 505 g/mol. The van der Waals surface area contributed by atoms with E-state index in [-0.39, 0.29) is 11.9 Å². The molecule has 2 aliphatic heterocycles. The molecule has 0 saturated heterocycles. The van der Waals surface area contributed by atoms with Gasteiger partial charge in [0.15, 0.2) is 6.61 Å². The summed E-state index contributed by atoms with van der Waals surface area (Å²) in [5, 5.41) is 7.01. The van der Waals surface area contributed by atoms with Gasteiger partial charge in [0.2, 0.25) is 0 Å². The van der Waals surface area contributed by atoms with Crippen LogP contribution >= 0.6 is 11.3 Å². The zero-order valence-electron chi connectivity index (χ0n) is 20.0. The number of para-hydroxylation sites is 1. The molecule has 1 saturated carbocycles. The minimum atomic E-state index is -2.47. The molecule has 0 unspecified atom stereocenters. The highest BCUT2D eigenvalue weighted by molar-refractivity contribution is 7.13. The van der Waals surface area contributed by atoms with Crippen LogP contribution in [0.1, 0.15) is 58.6 Å². The predicted molar refractivity (Wildman–Crippen MR) is 134 cm³/mol. The number of carbonyl (C=O) groups excluding carboxylic acids is 1. The highest BCUT2D eigenvalue weighted by atomic mass is 32.1. The van der Waals surface area contributed by atoms with Gasteiger partial charge < -0.3 is 20.3 Å². The van der Waals surface area contributed by atoms with Crippen LogP contribution in [0.25, 0.3) is 0 Å². The molecule has 3 aliphatic rings. The van der Waals surface area contributed by atoms with Gasteiger partial charge in [0.1, 0.15) is 0 Å². The fourth-order valence-electron chi connectivity index (χ4n) is 5.56. The Morgan fingerprint density at radius 1 is 1.20 bits per heavy atom. The summed E-state index contributed by atoms with van der Waals surface area (Å²) in [7, 11) is 0. The SMILES string of the molecule is O=C(NC1CCC(CCN2CCc3nc(OCC(F)F)sc3CC2)CC1)c1cccc2c1NCC2. The first-order valence-corrected chi connectivity index (χ1v) is 13.7. The van der Waals surface area contributed by atoms with Gasteiger partial charge in [0, 0.05) is 37.0 Å². The number of amides is 1. The molecule has 5 rings (SSSR count). The summed E-state index contributed by atoms with van der Waals surface area (Å²) in [4.78, 5) is 21.0. The summed E-state index contributed by atoms with van der Waals surface area (Å²) in [5.74, 6) is 0.753. The molecule has 2 aromatic rings. The van der Waals surface area contributed by atoms with E-state index in [4.69, 9.17) is 4.74 Å². The number of ether oxygens (including phenoxy) is 1. The van der Waals surface area contributed by atoms with E-state index in [0.29, 0.717) is 11.1 Å². The van der Waals surface area contributed by atoms with Crippen LogP contribution in [-0.4, -0.2) is 61.0 Å². The maximum absolute atomic E-state index is 12.9. The Morgan fingerprint density at radius 2 is 2.03 bits per heavy atom. The highest BCUT2D eigenvalue weighted by Crippen LogP contribution is 2.31. The number of anilines is 1. The molecule has 3 heterocycles. The van der Waals surface area contributed by atoms with Gasteiger partial charge in [-0.15, -0.1) is 0 Å². The van der Waals surface area contributed by atoms with Crippen LogP contribution in [0, 0.1) is 5.92 Å². The minimum Gasteiger partial charge on any atom is -0.464 e. The second-order valence-electron chi connectivity index (χ2n) is 9.89. The maximum Gasteiger partial charge on any atom is 0.273 e. The molecule has 9 heteroatoms. The number of nitrogens with one attached hydrogen (secondary N) is 2. The van der Waals surface area contributed by atoms with E-state index in [1.165, 1.54) is 28.2 Å². The van der Waals surface area contributed by atoms with Gasteiger partial charge in [-0.3, -0.25) is 4.79 Å². The molecule has 0 atom stereocenters. The summed E-state index contributed by atoms with van der Waals surface area (Å²) in [5.41, 5.74) is 4.04. The number of fused-ring (bicyclic) bond motifs is 2. The van der Waals surface area contributed by atoms with Gasteiger partial charge in [-0.25, -0.2) is 13.8 Å². The first-order valence-electron chi connectivity index (χ1n) is 12.8. The van der Waals surface area contributed by atoms with Crippen LogP contribution in [0.3, 0.4) is 0 Å². The van der Waals surface area contributed by atoms with E-state index >= 15 is 0 Å². The van der Waals surface area contributed by atoms with E-state index in [9.17, 15) is 13.6 Å². The van der Waals surface area contributed by atoms with Crippen molar-refractivity contribution in [1.29, 1.82) is 0 Å². The van der Waals surface area contributed by atoms with Gasteiger partial charge in [0.25, 0.3) is 17.5 Å². The van der Waals surface area contributed by atoms with Crippen molar-refractivity contribution in [2.75, 3.05) is 38.1 Å². The summed E-state index contributed by atoms with van der Waals surface area (Å²) in [6.07, 6.45) is 5.85. The van der Waals surface area contributed by atoms with Crippen LogP contribution in [-0.2, 0) is 19.3 Å². The number of aromatic nitrogens is 1. The Labute approximate surface area is 209 Å². The molecule has 35 heavy (non-hydrogen) atoms. The van der Waals surface area contributed by atoms with Gasteiger partial charge in [-0.1, -0.05) is 23.5 Å². The highest BCUT2D eigenvalue weighted by Gasteiger charge is 2.26. The van der Waals surface area contributed by atoms with Crippen molar-refractivity contribution in [3.63, 3.8) is 0 Å². The molecule has 1 aromatic heterocycles. The van der Waals surface area contributed by atoms with Crippen molar-refractivity contribution in [1.82, 2.24) is 15.2 Å². The number of nitrogens with zero attached hydrogens (tertiary/aromatic N) is 2.